The number of ether oxygens (including phenoxy) is 2. The molecule has 0 spiro atoms. The lowest BCUT2D eigenvalue weighted by atomic mass is 10.2. The van der Waals surface area contributed by atoms with Crippen LogP contribution in [0, 0.1) is 0 Å². The van der Waals surface area contributed by atoms with Gasteiger partial charge in [-0.3, -0.25) is 0 Å². The van der Waals surface area contributed by atoms with Gasteiger partial charge in [-0.15, -0.1) is 0 Å². The number of rotatable bonds is 8. The van der Waals surface area contributed by atoms with Gasteiger partial charge in [-0.05, 0) is 37.1 Å². The van der Waals surface area contributed by atoms with Crippen LogP contribution >= 0.6 is 0 Å². The summed E-state index contributed by atoms with van der Waals surface area (Å²) in [6.45, 7) is 6.19. The number of hydrogen-bond donors (Lipinski definition) is 1. The molecule has 0 unspecified atom stereocenters. The molecule has 0 atom stereocenters. The van der Waals surface area contributed by atoms with E-state index in [2.05, 4.69) is 29.4 Å². The minimum atomic E-state index is 0.631. The van der Waals surface area contributed by atoms with E-state index < -0.39 is 0 Å². The van der Waals surface area contributed by atoms with Crippen molar-refractivity contribution in [1.82, 2.24) is 4.98 Å². The van der Waals surface area contributed by atoms with Crippen LogP contribution in [0.5, 0.6) is 11.6 Å². The maximum atomic E-state index is 5.56. The van der Waals surface area contributed by atoms with Crippen LogP contribution in [0.2, 0.25) is 0 Å². The maximum absolute atomic E-state index is 5.56. The van der Waals surface area contributed by atoms with Crippen molar-refractivity contribution in [3.8, 4) is 11.6 Å². The number of hydrogen-bond acceptors (Lipinski definition) is 4. The normalized spacial score (nSPS) is 10.2. The molecule has 0 bridgehead atoms. The molecule has 1 N–H and O–H groups in total. The van der Waals surface area contributed by atoms with Crippen LogP contribution in [0.4, 0.5) is 5.69 Å². The SMILES string of the molecule is CCCOc1ccc(CNc2ccc(OCC)nc2)cc1. The fourth-order valence-corrected chi connectivity index (χ4v) is 1.85. The number of nitrogens with zero attached hydrogens (tertiary/aromatic N) is 1. The summed E-state index contributed by atoms with van der Waals surface area (Å²) in [5.41, 5.74) is 2.18. The lowest BCUT2D eigenvalue weighted by Gasteiger charge is -2.09. The molecule has 1 aromatic heterocycles. The number of aromatic nitrogens is 1. The van der Waals surface area contributed by atoms with Crippen LogP contribution in [-0.2, 0) is 6.54 Å². The first kappa shape index (κ1) is 15.2. The third-order valence-corrected chi connectivity index (χ3v) is 2.92. The Morgan fingerprint density at radius 2 is 1.81 bits per heavy atom. The average Bonchev–Trinajstić information content (AvgIpc) is 2.53. The first-order chi connectivity index (χ1) is 10.3. The van der Waals surface area contributed by atoms with Crippen LogP contribution in [0.15, 0.2) is 42.6 Å². The molecule has 0 aliphatic rings. The minimum Gasteiger partial charge on any atom is -0.494 e. The zero-order chi connectivity index (χ0) is 14.9. The third-order valence-electron chi connectivity index (χ3n) is 2.92. The molecule has 4 heteroatoms. The highest BCUT2D eigenvalue weighted by atomic mass is 16.5. The Kier molecular flexibility index (Phi) is 5.88. The molecular formula is C17H22N2O2. The van der Waals surface area contributed by atoms with E-state index in [0.29, 0.717) is 12.5 Å². The standard InChI is InChI=1S/C17H22N2O2/c1-3-11-21-16-8-5-14(6-9-16)12-18-15-7-10-17(19-13-15)20-4-2/h5-10,13,18H,3-4,11-12H2,1-2H3. The van der Waals surface area contributed by atoms with Crippen molar-refractivity contribution in [3.63, 3.8) is 0 Å². The Bertz CT molecular complexity index is 523. The van der Waals surface area contributed by atoms with E-state index in [0.717, 1.165) is 31.0 Å². The number of anilines is 1. The van der Waals surface area contributed by atoms with E-state index in [4.69, 9.17) is 9.47 Å². The summed E-state index contributed by atoms with van der Waals surface area (Å²) in [5.74, 6) is 1.57. The largest absolute Gasteiger partial charge is 0.494 e. The molecule has 21 heavy (non-hydrogen) atoms. The van der Waals surface area contributed by atoms with Crippen LogP contribution < -0.4 is 14.8 Å². The van der Waals surface area contributed by atoms with Crippen molar-refractivity contribution < 1.29 is 9.47 Å². The monoisotopic (exact) mass is 286 g/mol. The van der Waals surface area contributed by atoms with Gasteiger partial charge in [0.15, 0.2) is 0 Å². The van der Waals surface area contributed by atoms with E-state index >= 15 is 0 Å². The van der Waals surface area contributed by atoms with Crippen LogP contribution in [0.3, 0.4) is 0 Å². The summed E-state index contributed by atoms with van der Waals surface area (Å²) in [6.07, 6.45) is 2.80. The third kappa shape index (κ3) is 4.99. The minimum absolute atomic E-state index is 0.631. The molecule has 0 aliphatic carbocycles. The van der Waals surface area contributed by atoms with Crippen molar-refractivity contribution in [2.75, 3.05) is 18.5 Å². The van der Waals surface area contributed by atoms with E-state index in [9.17, 15) is 0 Å². The van der Waals surface area contributed by atoms with Gasteiger partial charge in [0.05, 0.1) is 25.1 Å². The number of benzene rings is 1. The van der Waals surface area contributed by atoms with Crippen molar-refractivity contribution in [3.05, 3.63) is 48.2 Å². The topological polar surface area (TPSA) is 43.4 Å². The second-order valence-electron chi connectivity index (χ2n) is 4.66. The first-order valence-electron chi connectivity index (χ1n) is 7.36. The lowest BCUT2D eigenvalue weighted by Crippen LogP contribution is -2.01. The molecule has 1 heterocycles. The van der Waals surface area contributed by atoms with Gasteiger partial charge in [0.2, 0.25) is 5.88 Å². The smallest absolute Gasteiger partial charge is 0.213 e. The summed E-state index contributed by atoms with van der Waals surface area (Å²) in [6, 6.07) is 12.0. The summed E-state index contributed by atoms with van der Waals surface area (Å²) >= 11 is 0. The van der Waals surface area contributed by atoms with Gasteiger partial charge in [0.1, 0.15) is 5.75 Å². The average molecular weight is 286 g/mol. The highest BCUT2D eigenvalue weighted by molar-refractivity contribution is 5.43. The number of nitrogens with one attached hydrogen (secondary N) is 1. The molecule has 0 amide bonds. The van der Waals surface area contributed by atoms with E-state index in [1.807, 2.05) is 31.2 Å². The van der Waals surface area contributed by atoms with Gasteiger partial charge in [-0.1, -0.05) is 19.1 Å². The van der Waals surface area contributed by atoms with Crippen molar-refractivity contribution >= 4 is 5.69 Å². The predicted molar refractivity (Wildman–Crippen MR) is 85.0 cm³/mol. The summed E-state index contributed by atoms with van der Waals surface area (Å²) < 4.78 is 10.9. The zero-order valence-corrected chi connectivity index (χ0v) is 12.6. The maximum Gasteiger partial charge on any atom is 0.213 e. The quantitative estimate of drug-likeness (QED) is 0.799. The van der Waals surface area contributed by atoms with Crippen LogP contribution in [0.25, 0.3) is 0 Å². The molecule has 0 saturated heterocycles. The molecule has 0 saturated carbocycles. The summed E-state index contributed by atoms with van der Waals surface area (Å²) in [7, 11) is 0. The highest BCUT2D eigenvalue weighted by Crippen LogP contribution is 2.15. The fraction of sp³-hybridized carbons (Fsp3) is 0.353. The zero-order valence-electron chi connectivity index (χ0n) is 12.6. The van der Waals surface area contributed by atoms with E-state index in [1.54, 1.807) is 6.20 Å². The molecule has 4 nitrogen and oxygen atoms in total. The Morgan fingerprint density at radius 3 is 2.43 bits per heavy atom. The Hall–Kier alpha value is -2.23. The van der Waals surface area contributed by atoms with Gasteiger partial charge in [0, 0.05) is 12.6 Å². The lowest BCUT2D eigenvalue weighted by molar-refractivity contribution is 0.317. The van der Waals surface area contributed by atoms with E-state index in [1.165, 1.54) is 5.56 Å². The second-order valence-corrected chi connectivity index (χ2v) is 4.66. The van der Waals surface area contributed by atoms with Crippen LogP contribution in [-0.4, -0.2) is 18.2 Å². The van der Waals surface area contributed by atoms with Crippen molar-refractivity contribution in [2.24, 2.45) is 0 Å². The van der Waals surface area contributed by atoms with Gasteiger partial charge in [-0.25, -0.2) is 4.98 Å². The molecule has 2 rings (SSSR count). The Balaban J connectivity index is 1.84. The number of pyridine rings is 1. The second kappa shape index (κ2) is 8.15. The Labute approximate surface area is 126 Å². The highest BCUT2D eigenvalue weighted by Gasteiger charge is 1.98. The van der Waals surface area contributed by atoms with E-state index in [-0.39, 0.29) is 0 Å². The van der Waals surface area contributed by atoms with Gasteiger partial charge in [0.25, 0.3) is 0 Å². The van der Waals surface area contributed by atoms with Crippen LogP contribution in [0.1, 0.15) is 25.8 Å². The molecule has 0 fully saturated rings. The van der Waals surface area contributed by atoms with Crippen molar-refractivity contribution in [1.29, 1.82) is 0 Å². The molecule has 2 aromatic rings. The molecule has 1 aromatic carbocycles. The Morgan fingerprint density at radius 1 is 1.00 bits per heavy atom. The summed E-state index contributed by atoms with van der Waals surface area (Å²) in [5, 5.41) is 3.33. The molecule has 0 radical (unpaired) electrons. The van der Waals surface area contributed by atoms with Gasteiger partial charge in [-0.2, -0.15) is 0 Å². The first-order valence-corrected chi connectivity index (χ1v) is 7.36. The molecule has 0 aliphatic heterocycles. The van der Waals surface area contributed by atoms with Crippen molar-refractivity contribution in [2.45, 2.75) is 26.8 Å². The predicted octanol–water partition coefficient (Wildman–Crippen LogP) is 3.88. The molecule has 112 valence electrons. The fourth-order valence-electron chi connectivity index (χ4n) is 1.85. The molecular weight excluding hydrogens is 264 g/mol. The van der Waals surface area contributed by atoms with Gasteiger partial charge < -0.3 is 14.8 Å². The summed E-state index contributed by atoms with van der Waals surface area (Å²) in [4.78, 5) is 4.22. The van der Waals surface area contributed by atoms with Gasteiger partial charge >= 0.3 is 0 Å².